The third-order valence-corrected chi connectivity index (χ3v) is 3.52. The van der Waals surface area contributed by atoms with Crippen molar-refractivity contribution in [3.63, 3.8) is 0 Å². The highest BCUT2D eigenvalue weighted by Crippen LogP contribution is 2.15. The van der Waals surface area contributed by atoms with E-state index in [1.54, 1.807) is 36.4 Å². The van der Waals surface area contributed by atoms with Crippen molar-refractivity contribution in [2.45, 2.75) is 13.3 Å². The van der Waals surface area contributed by atoms with E-state index >= 15 is 0 Å². The summed E-state index contributed by atoms with van der Waals surface area (Å²) in [6.45, 7) is 1.84. The molecule has 0 heterocycles. The molecule has 0 fully saturated rings. The molecule has 6 heteroatoms. The van der Waals surface area contributed by atoms with Gasteiger partial charge in [-0.25, -0.2) is 5.43 Å². The fourth-order valence-corrected chi connectivity index (χ4v) is 2.08. The SMILES string of the molecule is CC/C(=N\NC(=O)COc1ccc(Cl)cc1)c1ccc(Cl)cc1. The molecule has 2 aromatic carbocycles. The third-order valence-electron chi connectivity index (χ3n) is 3.01. The van der Waals surface area contributed by atoms with Crippen LogP contribution in [0.25, 0.3) is 0 Å². The average Bonchev–Trinajstić information content (AvgIpc) is 2.56. The van der Waals surface area contributed by atoms with E-state index in [2.05, 4.69) is 10.5 Å². The first kappa shape index (κ1) is 17.3. The van der Waals surface area contributed by atoms with E-state index in [1.165, 1.54) is 0 Å². The molecule has 0 atom stereocenters. The Hall–Kier alpha value is -2.04. The fourth-order valence-electron chi connectivity index (χ4n) is 1.83. The maximum absolute atomic E-state index is 11.8. The number of halogens is 2. The second-order valence-corrected chi connectivity index (χ2v) is 5.57. The molecule has 2 aromatic rings. The summed E-state index contributed by atoms with van der Waals surface area (Å²) >= 11 is 11.6. The number of hydrogen-bond donors (Lipinski definition) is 1. The van der Waals surface area contributed by atoms with Gasteiger partial charge < -0.3 is 4.74 Å². The second-order valence-electron chi connectivity index (χ2n) is 4.70. The van der Waals surface area contributed by atoms with E-state index in [4.69, 9.17) is 27.9 Å². The molecule has 0 aliphatic rings. The number of benzene rings is 2. The molecule has 1 N–H and O–H groups in total. The van der Waals surface area contributed by atoms with Crippen LogP contribution in [0.15, 0.2) is 53.6 Å². The molecule has 23 heavy (non-hydrogen) atoms. The number of hydrogen-bond acceptors (Lipinski definition) is 3. The Morgan fingerprint density at radius 1 is 1.04 bits per heavy atom. The zero-order valence-corrected chi connectivity index (χ0v) is 14.1. The molecule has 120 valence electrons. The van der Waals surface area contributed by atoms with Gasteiger partial charge in [0.2, 0.25) is 0 Å². The number of carbonyl (C=O) groups is 1. The van der Waals surface area contributed by atoms with Crippen molar-refractivity contribution in [1.82, 2.24) is 5.43 Å². The van der Waals surface area contributed by atoms with Gasteiger partial charge in [-0.2, -0.15) is 5.10 Å². The zero-order chi connectivity index (χ0) is 16.7. The monoisotopic (exact) mass is 350 g/mol. The lowest BCUT2D eigenvalue weighted by molar-refractivity contribution is -0.123. The highest BCUT2D eigenvalue weighted by Gasteiger charge is 2.05. The minimum absolute atomic E-state index is 0.122. The van der Waals surface area contributed by atoms with Gasteiger partial charge in [0.05, 0.1) is 5.71 Å². The lowest BCUT2D eigenvalue weighted by atomic mass is 10.1. The lowest BCUT2D eigenvalue weighted by Gasteiger charge is -2.07. The molecule has 0 aliphatic heterocycles. The van der Waals surface area contributed by atoms with Crippen LogP contribution in [0.2, 0.25) is 10.0 Å². The third kappa shape index (κ3) is 5.58. The van der Waals surface area contributed by atoms with Crippen molar-refractivity contribution in [2.24, 2.45) is 5.10 Å². The van der Waals surface area contributed by atoms with Crippen LogP contribution in [0.5, 0.6) is 5.75 Å². The Balaban J connectivity index is 1.90. The Morgan fingerprint density at radius 2 is 1.61 bits per heavy atom. The topological polar surface area (TPSA) is 50.7 Å². The van der Waals surface area contributed by atoms with E-state index in [9.17, 15) is 4.79 Å². The summed E-state index contributed by atoms with van der Waals surface area (Å²) in [6, 6.07) is 14.1. The number of nitrogens with zero attached hydrogens (tertiary/aromatic N) is 1. The van der Waals surface area contributed by atoms with Crippen LogP contribution in [0.4, 0.5) is 0 Å². The molecular weight excluding hydrogens is 335 g/mol. The van der Waals surface area contributed by atoms with Gasteiger partial charge >= 0.3 is 0 Å². The summed E-state index contributed by atoms with van der Waals surface area (Å²) in [5.41, 5.74) is 4.17. The number of nitrogens with one attached hydrogen (secondary N) is 1. The van der Waals surface area contributed by atoms with Gasteiger partial charge in [-0.3, -0.25) is 4.79 Å². The minimum Gasteiger partial charge on any atom is -0.484 e. The van der Waals surface area contributed by atoms with Crippen molar-refractivity contribution in [1.29, 1.82) is 0 Å². The van der Waals surface area contributed by atoms with Gasteiger partial charge in [0, 0.05) is 10.0 Å². The summed E-state index contributed by atoms with van der Waals surface area (Å²) in [5.74, 6) is 0.238. The standard InChI is InChI=1S/C17H16Cl2N2O2/c1-2-16(12-3-5-13(18)6-4-12)20-21-17(22)11-23-15-9-7-14(19)8-10-15/h3-10H,2,11H2,1H3,(H,21,22)/b20-16+. The summed E-state index contributed by atoms with van der Waals surface area (Å²) in [5, 5.41) is 5.41. The average molecular weight is 351 g/mol. The molecule has 0 aromatic heterocycles. The minimum atomic E-state index is -0.333. The van der Waals surface area contributed by atoms with E-state index in [-0.39, 0.29) is 12.5 Å². The van der Waals surface area contributed by atoms with Gasteiger partial charge in [-0.1, -0.05) is 42.3 Å². The largest absolute Gasteiger partial charge is 0.484 e. The molecule has 0 radical (unpaired) electrons. The van der Waals surface area contributed by atoms with Gasteiger partial charge in [0.1, 0.15) is 5.75 Å². The van der Waals surface area contributed by atoms with Gasteiger partial charge in [0.25, 0.3) is 5.91 Å². The summed E-state index contributed by atoms with van der Waals surface area (Å²) in [4.78, 5) is 11.8. The normalized spacial score (nSPS) is 11.2. The predicted molar refractivity (Wildman–Crippen MR) is 93.4 cm³/mol. The van der Waals surface area contributed by atoms with Crippen molar-refractivity contribution < 1.29 is 9.53 Å². The predicted octanol–water partition coefficient (Wildman–Crippen LogP) is 4.30. The van der Waals surface area contributed by atoms with Crippen molar-refractivity contribution in [3.8, 4) is 5.75 Å². The molecule has 0 bridgehead atoms. The maximum atomic E-state index is 11.8. The van der Waals surface area contributed by atoms with Crippen LogP contribution in [-0.2, 0) is 4.79 Å². The van der Waals surface area contributed by atoms with E-state index < -0.39 is 0 Å². The Bertz CT molecular complexity index is 683. The molecule has 0 spiro atoms. The molecule has 4 nitrogen and oxygen atoms in total. The molecule has 2 rings (SSSR count). The maximum Gasteiger partial charge on any atom is 0.277 e. The van der Waals surface area contributed by atoms with E-state index in [1.807, 2.05) is 19.1 Å². The number of amides is 1. The van der Waals surface area contributed by atoms with Crippen LogP contribution in [0, 0.1) is 0 Å². The highest BCUT2D eigenvalue weighted by molar-refractivity contribution is 6.30. The van der Waals surface area contributed by atoms with Crippen LogP contribution in [0.1, 0.15) is 18.9 Å². The highest BCUT2D eigenvalue weighted by atomic mass is 35.5. The Morgan fingerprint density at radius 3 is 2.17 bits per heavy atom. The molecule has 0 saturated carbocycles. The van der Waals surface area contributed by atoms with Crippen LogP contribution in [-0.4, -0.2) is 18.2 Å². The van der Waals surface area contributed by atoms with Crippen LogP contribution < -0.4 is 10.2 Å². The Kier molecular flexibility index (Phi) is 6.44. The zero-order valence-electron chi connectivity index (χ0n) is 12.6. The quantitative estimate of drug-likeness (QED) is 0.623. The summed E-state index contributed by atoms with van der Waals surface area (Å²) in [7, 11) is 0. The first-order chi connectivity index (χ1) is 11.1. The summed E-state index contributed by atoms with van der Waals surface area (Å²) < 4.78 is 5.35. The first-order valence-corrected chi connectivity index (χ1v) is 7.83. The van der Waals surface area contributed by atoms with Crippen molar-refractivity contribution >= 4 is 34.8 Å². The van der Waals surface area contributed by atoms with E-state index in [0.717, 1.165) is 11.3 Å². The smallest absolute Gasteiger partial charge is 0.277 e. The second kappa shape index (κ2) is 8.56. The summed E-state index contributed by atoms with van der Waals surface area (Å²) in [6.07, 6.45) is 0.681. The van der Waals surface area contributed by atoms with E-state index in [0.29, 0.717) is 22.2 Å². The molecule has 0 unspecified atom stereocenters. The molecule has 1 amide bonds. The van der Waals surface area contributed by atoms with Crippen molar-refractivity contribution in [3.05, 3.63) is 64.1 Å². The van der Waals surface area contributed by atoms with Crippen LogP contribution >= 0.6 is 23.2 Å². The van der Waals surface area contributed by atoms with Gasteiger partial charge in [-0.15, -0.1) is 0 Å². The van der Waals surface area contributed by atoms with Crippen molar-refractivity contribution in [2.75, 3.05) is 6.61 Å². The number of rotatable bonds is 6. The lowest BCUT2D eigenvalue weighted by Crippen LogP contribution is -2.26. The number of ether oxygens (including phenoxy) is 1. The Labute approximate surface area is 145 Å². The first-order valence-electron chi connectivity index (χ1n) is 7.08. The number of carbonyl (C=O) groups excluding carboxylic acids is 1. The van der Waals surface area contributed by atoms with Crippen LogP contribution in [0.3, 0.4) is 0 Å². The number of hydrazone groups is 1. The molecule has 0 aliphatic carbocycles. The molecular formula is C17H16Cl2N2O2. The fraction of sp³-hybridized carbons (Fsp3) is 0.176. The van der Waals surface area contributed by atoms with Gasteiger partial charge in [0.15, 0.2) is 6.61 Å². The van der Waals surface area contributed by atoms with Gasteiger partial charge in [-0.05, 0) is 48.4 Å². The molecule has 0 saturated heterocycles.